The molecule has 2 heterocycles. The molecule has 7 nitrogen and oxygen atoms in total. The number of fused-ring (bicyclic) bond motifs is 1. The van der Waals surface area contributed by atoms with E-state index in [-0.39, 0.29) is 5.97 Å². The Kier molecular flexibility index (Phi) is 5.68. The Bertz CT molecular complexity index is 852. The molecule has 138 valence electrons. The minimum absolute atomic E-state index is 0.315. The third-order valence-electron chi connectivity index (χ3n) is 4.56. The fourth-order valence-electron chi connectivity index (χ4n) is 3.17. The maximum absolute atomic E-state index is 12.2. The second-order valence-electron chi connectivity index (χ2n) is 6.25. The van der Waals surface area contributed by atoms with Crippen molar-refractivity contribution in [2.24, 2.45) is 4.99 Å². The summed E-state index contributed by atoms with van der Waals surface area (Å²) in [5.74, 6) is -0.315. The zero-order valence-electron chi connectivity index (χ0n) is 15.5. The highest BCUT2D eigenvalue weighted by Crippen LogP contribution is 2.19. The molecule has 26 heavy (non-hydrogen) atoms. The summed E-state index contributed by atoms with van der Waals surface area (Å²) < 4.78 is 5.15. The Labute approximate surface area is 153 Å². The fourth-order valence-corrected chi connectivity index (χ4v) is 3.17. The number of H-pyrrole nitrogens is 1. The number of aliphatic imine (C=N–C) groups is 1. The van der Waals surface area contributed by atoms with Crippen LogP contribution in [0.2, 0.25) is 0 Å². The van der Waals surface area contributed by atoms with E-state index in [0.29, 0.717) is 18.8 Å². The second-order valence-corrected chi connectivity index (χ2v) is 6.25. The predicted octanol–water partition coefficient (Wildman–Crippen LogP) is 2.57. The molecule has 1 aliphatic rings. The molecular formula is C19H25N5O2. The lowest BCUT2D eigenvalue weighted by molar-refractivity contribution is -0.138. The quantitative estimate of drug-likeness (QED) is 0.589. The number of hydrazine groups is 1. The zero-order chi connectivity index (χ0) is 18.5. The summed E-state index contributed by atoms with van der Waals surface area (Å²) in [5.41, 5.74) is 7.85. The van der Waals surface area contributed by atoms with Crippen LogP contribution < -0.4 is 5.43 Å². The van der Waals surface area contributed by atoms with Gasteiger partial charge in [0.2, 0.25) is 0 Å². The van der Waals surface area contributed by atoms with Crippen molar-refractivity contribution in [2.75, 3.05) is 19.8 Å². The highest BCUT2D eigenvalue weighted by atomic mass is 16.5. The molecule has 2 aromatic rings. The monoisotopic (exact) mass is 355 g/mol. The number of aryl methyl sites for hydroxylation is 1. The molecule has 1 aromatic heterocycles. The van der Waals surface area contributed by atoms with Crippen molar-refractivity contribution in [3.63, 3.8) is 0 Å². The van der Waals surface area contributed by atoms with E-state index in [2.05, 4.69) is 26.7 Å². The van der Waals surface area contributed by atoms with Crippen LogP contribution in [0.15, 0.2) is 40.7 Å². The number of benzene rings is 1. The third-order valence-corrected chi connectivity index (χ3v) is 4.56. The fraction of sp³-hybridized carbons (Fsp3) is 0.421. The Morgan fingerprint density at radius 2 is 2.23 bits per heavy atom. The van der Waals surface area contributed by atoms with Gasteiger partial charge in [0, 0.05) is 17.6 Å². The minimum atomic E-state index is -0.315. The molecule has 0 unspecified atom stereocenters. The number of esters is 1. The van der Waals surface area contributed by atoms with E-state index in [1.165, 1.54) is 10.9 Å². The predicted molar refractivity (Wildman–Crippen MR) is 102 cm³/mol. The number of hydrogen-bond acceptors (Lipinski definition) is 6. The Morgan fingerprint density at radius 3 is 3.04 bits per heavy atom. The first-order chi connectivity index (χ1) is 12.6. The van der Waals surface area contributed by atoms with Crippen LogP contribution in [0.5, 0.6) is 0 Å². The minimum Gasteiger partial charge on any atom is -0.462 e. The van der Waals surface area contributed by atoms with E-state index in [1.54, 1.807) is 6.92 Å². The Hall–Kier alpha value is -2.67. The average Bonchev–Trinajstić information content (AvgIpc) is 3.10. The van der Waals surface area contributed by atoms with Crippen LogP contribution in [-0.2, 0) is 16.0 Å². The van der Waals surface area contributed by atoms with Gasteiger partial charge in [-0.1, -0.05) is 12.1 Å². The highest BCUT2D eigenvalue weighted by molar-refractivity contribution is 6.19. The van der Waals surface area contributed by atoms with Crippen LogP contribution in [0, 0.1) is 0 Å². The number of allylic oxidation sites excluding steroid dienone is 1. The molecule has 0 saturated carbocycles. The molecule has 1 aliphatic heterocycles. The number of rotatable bonds is 7. The van der Waals surface area contributed by atoms with Gasteiger partial charge in [-0.05, 0) is 45.2 Å². The molecule has 0 radical (unpaired) electrons. The zero-order valence-corrected chi connectivity index (χ0v) is 15.5. The summed E-state index contributed by atoms with van der Waals surface area (Å²) in [6.07, 6.45) is 3.79. The topological polar surface area (TPSA) is 82.6 Å². The first-order valence-electron chi connectivity index (χ1n) is 8.93. The molecule has 7 heteroatoms. The van der Waals surface area contributed by atoms with Crippen molar-refractivity contribution < 1.29 is 9.53 Å². The first-order valence-corrected chi connectivity index (χ1v) is 8.93. The van der Waals surface area contributed by atoms with Crippen molar-refractivity contribution in [1.29, 1.82) is 0 Å². The Morgan fingerprint density at radius 1 is 1.38 bits per heavy atom. The van der Waals surface area contributed by atoms with E-state index in [9.17, 15) is 4.79 Å². The lowest BCUT2D eigenvalue weighted by Gasteiger charge is -2.29. The first kappa shape index (κ1) is 18.1. The van der Waals surface area contributed by atoms with Crippen molar-refractivity contribution in [3.05, 3.63) is 41.2 Å². The molecule has 2 N–H and O–H groups in total. The maximum atomic E-state index is 12.2. The van der Waals surface area contributed by atoms with Crippen LogP contribution in [0.4, 0.5) is 0 Å². The van der Waals surface area contributed by atoms with Crippen LogP contribution >= 0.6 is 0 Å². The molecule has 0 fully saturated rings. The van der Waals surface area contributed by atoms with E-state index in [0.717, 1.165) is 36.3 Å². The summed E-state index contributed by atoms with van der Waals surface area (Å²) in [4.78, 5) is 16.6. The molecule has 0 atom stereocenters. The van der Waals surface area contributed by atoms with Gasteiger partial charge in [-0.15, -0.1) is 0 Å². The van der Waals surface area contributed by atoms with Crippen molar-refractivity contribution in [2.45, 2.75) is 33.6 Å². The standard InChI is InChI=1S/C19H25N5O2/c1-4-26-19(25)18-13(2)20-12-24(14(18)3)22-10-6-8-15-7-5-9-17-16(15)11-21-23-17/h5,7,9,11,22H,4,6,8,10,12H2,1-3H3,(H,21,23). The van der Waals surface area contributed by atoms with Gasteiger partial charge in [-0.2, -0.15) is 5.10 Å². The largest absolute Gasteiger partial charge is 0.462 e. The van der Waals surface area contributed by atoms with Crippen molar-refractivity contribution in [3.8, 4) is 0 Å². The number of ether oxygens (including phenoxy) is 1. The summed E-state index contributed by atoms with van der Waals surface area (Å²) >= 11 is 0. The number of nitrogens with zero attached hydrogens (tertiary/aromatic N) is 3. The number of carbonyl (C=O) groups is 1. The number of aromatic nitrogens is 2. The van der Waals surface area contributed by atoms with E-state index in [1.807, 2.05) is 37.2 Å². The van der Waals surface area contributed by atoms with E-state index < -0.39 is 0 Å². The summed E-state index contributed by atoms with van der Waals surface area (Å²) in [6, 6.07) is 6.21. The second kappa shape index (κ2) is 8.14. The van der Waals surface area contributed by atoms with Gasteiger partial charge in [0.1, 0.15) is 12.2 Å². The smallest absolute Gasteiger partial charge is 0.341 e. The maximum Gasteiger partial charge on any atom is 0.341 e. The molecule has 0 spiro atoms. The van der Waals surface area contributed by atoms with Crippen LogP contribution in [0.3, 0.4) is 0 Å². The lowest BCUT2D eigenvalue weighted by atomic mass is 10.1. The van der Waals surface area contributed by atoms with Gasteiger partial charge in [0.05, 0.1) is 24.0 Å². The lowest BCUT2D eigenvalue weighted by Crippen LogP contribution is -2.42. The normalized spacial score (nSPS) is 14.7. The number of hydrogen-bond donors (Lipinski definition) is 2. The van der Waals surface area contributed by atoms with E-state index >= 15 is 0 Å². The Balaban J connectivity index is 1.58. The summed E-state index contributed by atoms with van der Waals surface area (Å²) in [5, 5.41) is 10.2. The molecular weight excluding hydrogens is 330 g/mol. The van der Waals surface area contributed by atoms with Gasteiger partial charge < -0.3 is 4.74 Å². The molecule has 3 rings (SSSR count). The average molecular weight is 355 g/mol. The number of carbonyl (C=O) groups excluding carboxylic acids is 1. The summed E-state index contributed by atoms with van der Waals surface area (Å²) in [7, 11) is 0. The molecule has 0 aliphatic carbocycles. The molecule has 0 bridgehead atoms. The molecule has 0 amide bonds. The van der Waals surface area contributed by atoms with Crippen molar-refractivity contribution >= 4 is 22.6 Å². The number of nitrogens with one attached hydrogen (secondary N) is 2. The van der Waals surface area contributed by atoms with E-state index in [4.69, 9.17) is 4.74 Å². The molecule has 1 aromatic carbocycles. The van der Waals surface area contributed by atoms with Crippen LogP contribution in [0.25, 0.3) is 10.9 Å². The van der Waals surface area contributed by atoms with Gasteiger partial charge in [0.25, 0.3) is 0 Å². The van der Waals surface area contributed by atoms with Crippen molar-refractivity contribution in [1.82, 2.24) is 20.6 Å². The number of aromatic amines is 1. The highest BCUT2D eigenvalue weighted by Gasteiger charge is 2.24. The van der Waals surface area contributed by atoms with Gasteiger partial charge in [-0.3, -0.25) is 15.1 Å². The third kappa shape index (κ3) is 3.77. The van der Waals surface area contributed by atoms with Gasteiger partial charge >= 0.3 is 5.97 Å². The van der Waals surface area contributed by atoms with Crippen LogP contribution in [0.1, 0.15) is 32.8 Å². The molecule has 0 saturated heterocycles. The van der Waals surface area contributed by atoms with Gasteiger partial charge in [-0.25, -0.2) is 10.2 Å². The van der Waals surface area contributed by atoms with Crippen LogP contribution in [-0.4, -0.2) is 46.7 Å². The van der Waals surface area contributed by atoms with Gasteiger partial charge in [0.15, 0.2) is 0 Å². The SMILES string of the molecule is CCOC(=O)C1=C(C)N(NCCCc2cccc3[nH]ncc23)CN=C1C. The summed E-state index contributed by atoms with van der Waals surface area (Å²) in [6.45, 7) is 7.21.